The normalized spacial score (nSPS) is 16.7. The van der Waals surface area contributed by atoms with E-state index in [4.69, 9.17) is 9.15 Å². The van der Waals surface area contributed by atoms with E-state index in [0.717, 1.165) is 36.7 Å². The first-order valence-corrected chi connectivity index (χ1v) is 11.5. The van der Waals surface area contributed by atoms with E-state index in [1.54, 1.807) is 0 Å². The topological polar surface area (TPSA) is 102 Å². The van der Waals surface area contributed by atoms with Crippen molar-refractivity contribution in [2.24, 2.45) is 5.92 Å². The van der Waals surface area contributed by atoms with Gasteiger partial charge in [0.15, 0.2) is 5.58 Å². The Balaban J connectivity index is 1.08. The van der Waals surface area contributed by atoms with E-state index in [2.05, 4.69) is 25.2 Å². The molecule has 0 unspecified atom stereocenters. The van der Waals surface area contributed by atoms with Crippen LogP contribution in [0.3, 0.4) is 0 Å². The Kier molecular flexibility index (Phi) is 5.21. The van der Waals surface area contributed by atoms with Gasteiger partial charge in [-0.1, -0.05) is 17.3 Å². The number of pyridine rings is 1. The summed E-state index contributed by atoms with van der Waals surface area (Å²) in [6.07, 6.45) is 1.94. The molecule has 0 saturated carbocycles. The van der Waals surface area contributed by atoms with E-state index in [0.29, 0.717) is 54.9 Å². The molecule has 10 heteroatoms. The van der Waals surface area contributed by atoms with Crippen LogP contribution in [-0.4, -0.2) is 75.2 Å². The predicted octanol–water partition coefficient (Wildman–Crippen LogP) is 2.40. The van der Waals surface area contributed by atoms with Crippen molar-refractivity contribution in [1.82, 2.24) is 29.9 Å². The van der Waals surface area contributed by atoms with Gasteiger partial charge in [-0.3, -0.25) is 9.48 Å². The number of carbonyl (C=O) groups is 1. The molecule has 0 atom stereocenters. The van der Waals surface area contributed by atoms with Gasteiger partial charge in [-0.25, -0.2) is 4.98 Å². The third-order valence-corrected chi connectivity index (χ3v) is 6.34. The molecule has 4 aromatic rings. The highest BCUT2D eigenvalue weighted by Crippen LogP contribution is 2.23. The highest BCUT2D eigenvalue weighted by atomic mass is 16.5. The fraction of sp³-hybridized carbons (Fsp3) is 0.375. The monoisotopic (exact) mass is 459 g/mol. The molecular weight excluding hydrogens is 434 g/mol. The molecular formula is C24H25N7O3. The van der Waals surface area contributed by atoms with Gasteiger partial charge in [0.05, 0.1) is 19.4 Å². The lowest BCUT2D eigenvalue weighted by atomic mass is 10.1. The number of aromatic nitrogens is 5. The van der Waals surface area contributed by atoms with Crippen LogP contribution in [0.15, 0.2) is 47.0 Å². The number of ether oxygens (including phenoxy) is 1. The Hall–Kier alpha value is -3.79. The SMILES string of the molecule is Cc1ccc2oc(N3CCN(C(=O)c4ccc(-c5cn(CC6COC6)nn5)cc4)CC3)nc2n1. The molecule has 174 valence electrons. The third-order valence-electron chi connectivity index (χ3n) is 6.34. The smallest absolute Gasteiger partial charge is 0.300 e. The summed E-state index contributed by atoms with van der Waals surface area (Å²) in [6, 6.07) is 11.9. The maximum atomic E-state index is 13.0. The summed E-state index contributed by atoms with van der Waals surface area (Å²) in [6.45, 7) is 6.83. The number of piperazine rings is 1. The zero-order valence-corrected chi connectivity index (χ0v) is 18.9. The summed E-state index contributed by atoms with van der Waals surface area (Å²) in [5.74, 6) is 0.535. The molecule has 1 aromatic carbocycles. The number of fused-ring (bicyclic) bond motifs is 1. The highest BCUT2D eigenvalue weighted by molar-refractivity contribution is 5.94. The average molecular weight is 460 g/mol. The molecule has 0 bridgehead atoms. The first-order valence-electron chi connectivity index (χ1n) is 11.5. The van der Waals surface area contributed by atoms with E-state index in [1.165, 1.54) is 0 Å². The number of hydrogen-bond acceptors (Lipinski definition) is 8. The van der Waals surface area contributed by atoms with Gasteiger partial charge in [0.25, 0.3) is 11.9 Å². The Morgan fingerprint density at radius 2 is 1.82 bits per heavy atom. The van der Waals surface area contributed by atoms with Crippen LogP contribution in [0.5, 0.6) is 0 Å². The average Bonchev–Trinajstić information content (AvgIpc) is 3.48. The maximum Gasteiger partial charge on any atom is 0.300 e. The van der Waals surface area contributed by atoms with Crippen LogP contribution in [0.1, 0.15) is 16.1 Å². The molecule has 0 radical (unpaired) electrons. The Morgan fingerprint density at radius 1 is 1.03 bits per heavy atom. The number of carbonyl (C=O) groups excluding carboxylic acids is 1. The second-order valence-electron chi connectivity index (χ2n) is 8.86. The Bertz CT molecular complexity index is 1320. The van der Waals surface area contributed by atoms with Crippen molar-refractivity contribution >= 4 is 23.2 Å². The van der Waals surface area contributed by atoms with Crippen molar-refractivity contribution in [2.75, 3.05) is 44.3 Å². The maximum absolute atomic E-state index is 13.0. The summed E-state index contributed by atoms with van der Waals surface area (Å²) in [7, 11) is 0. The van der Waals surface area contributed by atoms with E-state index in [-0.39, 0.29) is 5.91 Å². The quantitative estimate of drug-likeness (QED) is 0.448. The van der Waals surface area contributed by atoms with Crippen LogP contribution >= 0.6 is 0 Å². The second kappa shape index (κ2) is 8.53. The number of benzene rings is 1. The fourth-order valence-corrected chi connectivity index (χ4v) is 4.28. The third kappa shape index (κ3) is 4.01. The van der Waals surface area contributed by atoms with Crippen LogP contribution in [-0.2, 0) is 11.3 Å². The van der Waals surface area contributed by atoms with Crippen LogP contribution in [0.25, 0.3) is 22.5 Å². The van der Waals surface area contributed by atoms with E-state index >= 15 is 0 Å². The molecule has 0 N–H and O–H groups in total. The molecule has 5 heterocycles. The first kappa shape index (κ1) is 20.8. The molecule has 2 aliphatic rings. The summed E-state index contributed by atoms with van der Waals surface area (Å²) >= 11 is 0. The number of nitrogens with zero attached hydrogens (tertiary/aromatic N) is 7. The van der Waals surface area contributed by atoms with Crippen molar-refractivity contribution < 1.29 is 13.9 Å². The molecule has 6 rings (SSSR count). The van der Waals surface area contributed by atoms with Gasteiger partial charge in [-0.05, 0) is 31.2 Å². The van der Waals surface area contributed by atoms with Crippen molar-refractivity contribution in [3.8, 4) is 11.3 Å². The molecule has 2 aliphatic heterocycles. The van der Waals surface area contributed by atoms with Gasteiger partial charge in [0, 0.05) is 55.5 Å². The van der Waals surface area contributed by atoms with Crippen LogP contribution in [0, 0.1) is 12.8 Å². The Labute approximate surface area is 196 Å². The van der Waals surface area contributed by atoms with E-state index < -0.39 is 0 Å². The summed E-state index contributed by atoms with van der Waals surface area (Å²) in [5.41, 5.74) is 4.61. The van der Waals surface area contributed by atoms with E-state index in [9.17, 15) is 4.79 Å². The number of oxazole rings is 1. The minimum Gasteiger partial charge on any atom is -0.422 e. The zero-order valence-electron chi connectivity index (χ0n) is 18.9. The number of amides is 1. The number of hydrogen-bond donors (Lipinski definition) is 0. The van der Waals surface area contributed by atoms with Crippen molar-refractivity contribution in [1.29, 1.82) is 0 Å². The van der Waals surface area contributed by atoms with Crippen LogP contribution < -0.4 is 4.90 Å². The van der Waals surface area contributed by atoms with Crippen molar-refractivity contribution in [3.05, 3.63) is 53.9 Å². The lowest BCUT2D eigenvalue weighted by Gasteiger charge is -2.33. The Morgan fingerprint density at radius 3 is 2.56 bits per heavy atom. The molecule has 2 saturated heterocycles. The molecule has 2 fully saturated rings. The van der Waals surface area contributed by atoms with Gasteiger partial charge in [-0.2, -0.15) is 4.98 Å². The lowest BCUT2D eigenvalue weighted by molar-refractivity contribution is -0.0410. The first-order chi connectivity index (χ1) is 16.6. The molecule has 0 aliphatic carbocycles. The van der Waals surface area contributed by atoms with Crippen molar-refractivity contribution in [2.45, 2.75) is 13.5 Å². The summed E-state index contributed by atoms with van der Waals surface area (Å²) < 4.78 is 12.9. The van der Waals surface area contributed by atoms with Crippen LogP contribution in [0.4, 0.5) is 6.01 Å². The second-order valence-corrected chi connectivity index (χ2v) is 8.86. The van der Waals surface area contributed by atoms with Gasteiger partial charge in [-0.15, -0.1) is 5.10 Å². The fourth-order valence-electron chi connectivity index (χ4n) is 4.28. The summed E-state index contributed by atoms with van der Waals surface area (Å²) in [5, 5.41) is 8.48. The summed E-state index contributed by atoms with van der Waals surface area (Å²) in [4.78, 5) is 25.9. The van der Waals surface area contributed by atoms with E-state index in [1.807, 2.05) is 59.1 Å². The highest BCUT2D eigenvalue weighted by Gasteiger charge is 2.25. The minimum atomic E-state index is 0.0229. The van der Waals surface area contributed by atoms with Gasteiger partial charge in [0.1, 0.15) is 5.69 Å². The lowest BCUT2D eigenvalue weighted by Crippen LogP contribution is -2.48. The number of aryl methyl sites for hydroxylation is 1. The van der Waals surface area contributed by atoms with Crippen molar-refractivity contribution in [3.63, 3.8) is 0 Å². The predicted molar refractivity (Wildman–Crippen MR) is 124 cm³/mol. The molecule has 0 spiro atoms. The van der Waals surface area contributed by atoms with Crippen LogP contribution in [0.2, 0.25) is 0 Å². The standard InChI is InChI=1S/C24H25N7O3/c1-16-2-7-21-22(25-16)26-24(34-21)30-10-8-29(9-11-30)23(32)19-5-3-18(4-6-19)20-13-31(28-27-20)12-17-14-33-15-17/h2-7,13,17H,8-12,14-15H2,1H3. The minimum absolute atomic E-state index is 0.0229. The molecule has 3 aromatic heterocycles. The molecule has 34 heavy (non-hydrogen) atoms. The number of rotatable bonds is 5. The molecule has 1 amide bonds. The zero-order chi connectivity index (χ0) is 23.1. The van der Waals surface area contributed by atoms with Gasteiger partial charge >= 0.3 is 0 Å². The van der Waals surface area contributed by atoms with Gasteiger partial charge < -0.3 is 19.0 Å². The largest absolute Gasteiger partial charge is 0.422 e. The number of anilines is 1. The van der Waals surface area contributed by atoms with Gasteiger partial charge in [0.2, 0.25) is 5.65 Å². The molecule has 10 nitrogen and oxygen atoms in total.